The van der Waals surface area contributed by atoms with E-state index < -0.39 is 32.4 Å². The van der Waals surface area contributed by atoms with Crippen LogP contribution in [0.3, 0.4) is 0 Å². The molecule has 0 N–H and O–H groups in total. The number of hydrogen-bond acceptors (Lipinski definition) is 5. The molecule has 1 saturated heterocycles. The minimum Gasteiger partial charge on any atom is -0.304 e. The summed E-state index contributed by atoms with van der Waals surface area (Å²) < 4.78 is 13.7. The van der Waals surface area contributed by atoms with Crippen LogP contribution >= 0.6 is 11.6 Å². The third-order valence-corrected chi connectivity index (χ3v) is 8.60. The lowest BCUT2D eigenvalue weighted by Crippen LogP contribution is -2.52. The zero-order valence-corrected chi connectivity index (χ0v) is 21.1. The molecule has 3 aromatic rings. The Hall–Kier alpha value is -3.56. The molecule has 3 aromatic carbocycles. The van der Waals surface area contributed by atoms with Gasteiger partial charge in [-0.1, -0.05) is 49.7 Å². The van der Waals surface area contributed by atoms with Gasteiger partial charge in [0.2, 0.25) is 10.8 Å². The molecule has 5 rings (SSSR count). The van der Waals surface area contributed by atoms with Crippen molar-refractivity contribution in [2.24, 2.45) is 0 Å². The molecule has 2 aliphatic rings. The fourth-order valence-corrected chi connectivity index (χ4v) is 6.62. The van der Waals surface area contributed by atoms with E-state index in [-0.39, 0.29) is 29.5 Å². The van der Waals surface area contributed by atoms with Crippen molar-refractivity contribution >= 4 is 51.3 Å². The van der Waals surface area contributed by atoms with Crippen LogP contribution in [0, 0.1) is 10.1 Å². The van der Waals surface area contributed by atoms with Gasteiger partial charge in [0.05, 0.1) is 28.0 Å². The number of benzene rings is 3. The van der Waals surface area contributed by atoms with Gasteiger partial charge < -0.3 is 4.90 Å². The first-order valence-electron chi connectivity index (χ1n) is 11.3. The van der Waals surface area contributed by atoms with E-state index >= 15 is 0 Å². The number of carbonyl (C=O) groups is 2. The number of nitro benzene ring substituents is 1. The summed E-state index contributed by atoms with van der Waals surface area (Å²) in [5.41, 5.74) is 2.53. The summed E-state index contributed by atoms with van der Waals surface area (Å²) >= 11 is 6.01. The number of nitro groups is 1. The monoisotopic (exact) mass is 523 g/mol. The van der Waals surface area contributed by atoms with Crippen LogP contribution in [0.5, 0.6) is 0 Å². The molecule has 0 aliphatic carbocycles. The van der Waals surface area contributed by atoms with Crippen LogP contribution in [0.1, 0.15) is 36.5 Å². The Morgan fingerprint density at radius 3 is 2.33 bits per heavy atom. The highest BCUT2D eigenvalue weighted by Crippen LogP contribution is 2.52. The third-order valence-electron chi connectivity index (χ3n) is 6.60. The lowest BCUT2D eigenvalue weighted by Gasteiger charge is -2.32. The summed E-state index contributed by atoms with van der Waals surface area (Å²) in [6, 6.07) is 18.2. The molecule has 2 unspecified atom stereocenters. The van der Waals surface area contributed by atoms with Crippen molar-refractivity contribution in [1.29, 1.82) is 0 Å². The fourth-order valence-electron chi connectivity index (χ4n) is 4.81. The Morgan fingerprint density at radius 1 is 1.06 bits per heavy atom. The van der Waals surface area contributed by atoms with Crippen molar-refractivity contribution in [3.05, 3.63) is 98.6 Å². The highest BCUT2D eigenvalue weighted by Gasteiger charge is 2.65. The average molecular weight is 524 g/mol. The standard InChI is InChI=1S/C26H22ClN3O5S/c1-16(2)18-5-9-20(10-6-18)29-24(31)15-36(35)26(29)22-13-21(30(33)34)11-12-23(22)28(25(26)32)14-17-3-7-19(27)8-4-17/h3-13,16H,14-15H2,1-2H3. The molecular formula is C26H22ClN3O5S. The minimum atomic E-state index is -1.99. The fraction of sp³-hybridized carbons (Fsp3) is 0.231. The zero-order chi connectivity index (χ0) is 25.8. The quantitative estimate of drug-likeness (QED) is 0.351. The first-order valence-corrected chi connectivity index (χ1v) is 13.0. The summed E-state index contributed by atoms with van der Waals surface area (Å²) in [5.74, 6) is -1.16. The van der Waals surface area contributed by atoms with Crippen LogP contribution in [-0.4, -0.2) is 26.7 Å². The van der Waals surface area contributed by atoms with Crippen molar-refractivity contribution in [3.8, 4) is 0 Å². The number of hydrogen-bond donors (Lipinski definition) is 0. The van der Waals surface area contributed by atoms with E-state index in [0.717, 1.165) is 11.1 Å². The number of non-ortho nitro benzene ring substituents is 1. The predicted molar refractivity (Wildman–Crippen MR) is 138 cm³/mol. The number of fused-ring (bicyclic) bond motifs is 2. The normalized spacial score (nSPS) is 21.1. The molecule has 8 nitrogen and oxygen atoms in total. The molecule has 1 fully saturated rings. The Balaban J connectivity index is 1.70. The van der Waals surface area contributed by atoms with Gasteiger partial charge in [-0.25, -0.2) is 0 Å². The van der Waals surface area contributed by atoms with Crippen LogP contribution in [0.2, 0.25) is 5.02 Å². The van der Waals surface area contributed by atoms with Gasteiger partial charge in [0.15, 0.2) is 0 Å². The van der Waals surface area contributed by atoms with Crippen molar-refractivity contribution in [3.63, 3.8) is 0 Å². The Bertz CT molecular complexity index is 1420. The lowest BCUT2D eigenvalue weighted by molar-refractivity contribution is -0.384. The second-order valence-electron chi connectivity index (χ2n) is 9.09. The van der Waals surface area contributed by atoms with Gasteiger partial charge in [0.1, 0.15) is 5.75 Å². The van der Waals surface area contributed by atoms with Crippen LogP contribution in [-0.2, 0) is 31.8 Å². The molecule has 0 radical (unpaired) electrons. The second kappa shape index (κ2) is 8.83. The van der Waals surface area contributed by atoms with E-state index in [4.69, 9.17) is 11.6 Å². The van der Waals surface area contributed by atoms with Gasteiger partial charge in [-0.2, -0.15) is 0 Å². The second-order valence-corrected chi connectivity index (χ2v) is 11.1. The lowest BCUT2D eigenvalue weighted by atomic mass is 10.0. The Morgan fingerprint density at radius 2 is 1.72 bits per heavy atom. The molecule has 184 valence electrons. The summed E-state index contributed by atoms with van der Waals surface area (Å²) in [4.78, 5) is 39.3. The van der Waals surface area contributed by atoms with Crippen LogP contribution < -0.4 is 9.80 Å². The first-order chi connectivity index (χ1) is 17.1. The Labute approximate surface area is 215 Å². The largest absolute Gasteiger partial charge is 0.304 e. The van der Waals surface area contributed by atoms with Gasteiger partial charge >= 0.3 is 0 Å². The molecule has 0 aromatic heterocycles. The van der Waals surface area contributed by atoms with Gasteiger partial charge in [-0.3, -0.25) is 28.8 Å². The topological polar surface area (TPSA) is 101 Å². The number of carbonyl (C=O) groups excluding carboxylic acids is 2. The van der Waals surface area contributed by atoms with Crippen LogP contribution in [0.15, 0.2) is 66.7 Å². The highest BCUT2D eigenvalue weighted by atomic mass is 35.5. The highest BCUT2D eigenvalue weighted by molar-refractivity contribution is 7.88. The summed E-state index contributed by atoms with van der Waals surface area (Å²) in [7, 11) is -1.99. The number of nitrogens with zero attached hydrogens (tertiary/aromatic N) is 3. The molecule has 1 spiro atoms. The average Bonchev–Trinajstić information content (AvgIpc) is 3.25. The smallest absolute Gasteiger partial charge is 0.271 e. The van der Waals surface area contributed by atoms with E-state index in [1.165, 1.54) is 28.0 Å². The van der Waals surface area contributed by atoms with E-state index in [2.05, 4.69) is 0 Å². The molecule has 2 aliphatic heterocycles. The molecule has 2 heterocycles. The van der Waals surface area contributed by atoms with Crippen LogP contribution in [0.4, 0.5) is 17.1 Å². The molecule has 2 amide bonds. The molecule has 36 heavy (non-hydrogen) atoms. The number of anilines is 2. The minimum absolute atomic E-state index is 0.119. The molecule has 10 heteroatoms. The number of halogens is 1. The summed E-state index contributed by atoms with van der Waals surface area (Å²) in [6.07, 6.45) is 0. The maximum atomic E-state index is 14.2. The van der Waals surface area contributed by atoms with Crippen molar-refractivity contribution in [1.82, 2.24) is 0 Å². The maximum absolute atomic E-state index is 14.2. The van der Waals surface area contributed by atoms with Crippen molar-refractivity contribution in [2.45, 2.75) is 31.2 Å². The first kappa shape index (κ1) is 24.1. The Kier molecular flexibility index (Phi) is 5.92. The molecule has 0 bridgehead atoms. The predicted octanol–water partition coefficient (Wildman–Crippen LogP) is 4.87. The van der Waals surface area contributed by atoms with E-state index in [1.54, 1.807) is 36.4 Å². The van der Waals surface area contributed by atoms with E-state index in [9.17, 15) is 23.9 Å². The van der Waals surface area contributed by atoms with Crippen molar-refractivity contribution in [2.75, 3.05) is 15.6 Å². The zero-order valence-electron chi connectivity index (χ0n) is 19.5. The van der Waals surface area contributed by atoms with Gasteiger partial charge in [0, 0.05) is 28.4 Å². The summed E-state index contributed by atoms with van der Waals surface area (Å²) in [5, 5.41) is 12.2. The van der Waals surface area contributed by atoms with Crippen molar-refractivity contribution < 1.29 is 18.7 Å². The molecular weight excluding hydrogens is 502 g/mol. The van der Waals surface area contributed by atoms with E-state index in [0.29, 0.717) is 16.4 Å². The van der Waals surface area contributed by atoms with Crippen LogP contribution in [0.25, 0.3) is 0 Å². The summed E-state index contributed by atoms with van der Waals surface area (Å²) in [6.45, 7) is 4.20. The van der Waals surface area contributed by atoms with E-state index in [1.807, 2.05) is 26.0 Å². The maximum Gasteiger partial charge on any atom is 0.271 e. The number of amides is 2. The molecule has 2 atom stereocenters. The van der Waals surface area contributed by atoms with Gasteiger partial charge in [-0.15, -0.1) is 0 Å². The third kappa shape index (κ3) is 3.61. The van der Waals surface area contributed by atoms with Gasteiger partial charge in [0.25, 0.3) is 11.6 Å². The molecule has 0 saturated carbocycles. The van der Waals surface area contributed by atoms with Gasteiger partial charge in [-0.05, 0) is 47.4 Å². The number of rotatable bonds is 5. The SMILES string of the molecule is CC(C)c1ccc(N2C(=O)CS(=O)C23C(=O)N(Cc2ccc(Cl)cc2)c2ccc([N+](=O)[O-])cc23)cc1.